The number of ether oxygens (including phenoxy) is 1. The SMILES string of the molecule is CC(NCc1nc(Nc2ccccc2)nc(N2CCC(O)CC2)n1)Oc1ccccc1CCCCC(=O)O. The van der Waals surface area contributed by atoms with Gasteiger partial charge >= 0.3 is 5.97 Å². The molecule has 2 heterocycles. The second-order valence-corrected chi connectivity index (χ2v) is 9.43. The van der Waals surface area contributed by atoms with E-state index < -0.39 is 5.97 Å². The van der Waals surface area contributed by atoms with Crippen LogP contribution < -0.4 is 20.3 Å². The van der Waals surface area contributed by atoms with Crippen LogP contribution in [0.5, 0.6) is 5.75 Å². The maximum atomic E-state index is 10.8. The van der Waals surface area contributed by atoms with Crippen LogP contribution in [-0.4, -0.2) is 56.6 Å². The van der Waals surface area contributed by atoms with E-state index in [1.807, 2.05) is 61.5 Å². The number of nitrogens with zero attached hydrogens (tertiary/aromatic N) is 4. The Balaban J connectivity index is 1.41. The molecule has 0 bridgehead atoms. The van der Waals surface area contributed by atoms with Gasteiger partial charge < -0.3 is 25.2 Å². The molecule has 4 rings (SSSR count). The zero-order chi connectivity index (χ0) is 26.7. The molecule has 2 aromatic carbocycles. The first-order chi connectivity index (χ1) is 18.5. The van der Waals surface area contributed by atoms with Crippen LogP contribution in [0.4, 0.5) is 17.6 Å². The molecule has 1 aliphatic heterocycles. The molecule has 1 unspecified atom stereocenters. The van der Waals surface area contributed by atoms with Gasteiger partial charge in [0, 0.05) is 25.2 Å². The molecular weight excluding hydrogens is 484 g/mol. The van der Waals surface area contributed by atoms with Gasteiger partial charge in [-0.3, -0.25) is 10.1 Å². The van der Waals surface area contributed by atoms with Crippen molar-refractivity contribution in [2.75, 3.05) is 23.3 Å². The summed E-state index contributed by atoms with van der Waals surface area (Å²) < 4.78 is 6.18. The summed E-state index contributed by atoms with van der Waals surface area (Å²) in [6, 6.07) is 17.6. The first-order valence-electron chi connectivity index (χ1n) is 13.2. The van der Waals surface area contributed by atoms with Crippen LogP contribution in [0, 0.1) is 0 Å². The highest BCUT2D eigenvalue weighted by molar-refractivity contribution is 5.66. The average Bonchev–Trinajstić information content (AvgIpc) is 2.91. The molecule has 0 radical (unpaired) electrons. The molecule has 1 fully saturated rings. The number of carbonyl (C=O) groups is 1. The van der Waals surface area contributed by atoms with E-state index in [9.17, 15) is 9.90 Å². The van der Waals surface area contributed by atoms with Crippen LogP contribution in [0.2, 0.25) is 0 Å². The van der Waals surface area contributed by atoms with Crippen LogP contribution in [-0.2, 0) is 17.8 Å². The van der Waals surface area contributed by atoms with Gasteiger partial charge in [-0.25, -0.2) is 0 Å². The summed E-state index contributed by atoms with van der Waals surface area (Å²) in [5.74, 6) is 1.63. The van der Waals surface area contributed by atoms with Gasteiger partial charge in [0.15, 0.2) is 0 Å². The van der Waals surface area contributed by atoms with Crippen LogP contribution in [0.15, 0.2) is 54.6 Å². The Morgan fingerprint density at radius 2 is 1.79 bits per heavy atom. The van der Waals surface area contributed by atoms with Gasteiger partial charge in [0.25, 0.3) is 0 Å². The zero-order valence-corrected chi connectivity index (χ0v) is 21.7. The summed E-state index contributed by atoms with van der Waals surface area (Å²) in [5.41, 5.74) is 1.94. The van der Waals surface area contributed by atoms with Crippen LogP contribution in [0.1, 0.15) is 50.4 Å². The van der Waals surface area contributed by atoms with Gasteiger partial charge in [-0.15, -0.1) is 0 Å². The molecule has 0 aliphatic carbocycles. The minimum atomic E-state index is -0.770. The number of carboxylic acid groups (broad SMARTS) is 1. The highest BCUT2D eigenvalue weighted by atomic mass is 16.5. The van der Waals surface area contributed by atoms with E-state index >= 15 is 0 Å². The number of aliphatic carboxylic acids is 1. The monoisotopic (exact) mass is 520 g/mol. The van der Waals surface area contributed by atoms with Gasteiger partial charge in [-0.1, -0.05) is 36.4 Å². The van der Waals surface area contributed by atoms with Crippen molar-refractivity contribution in [3.05, 3.63) is 66.0 Å². The minimum absolute atomic E-state index is 0.175. The third-order valence-corrected chi connectivity index (χ3v) is 6.36. The van der Waals surface area contributed by atoms with Crippen molar-refractivity contribution >= 4 is 23.6 Å². The highest BCUT2D eigenvalue weighted by Crippen LogP contribution is 2.22. The topological polar surface area (TPSA) is 133 Å². The second kappa shape index (κ2) is 13.7. The molecule has 1 saturated heterocycles. The van der Waals surface area contributed by atoms with Crippen molar-refractivity contribution in [1.29, 1.82) is 0 Å². The Labute approximate surface area is 223 Å². The molecule has 10 heteroatoms. The number of hydrogen-bond donors (Lipinski definition) is 4. The Hall–Kier alpha value is -3.76. The van der Waals surface area contributed by atoms with Gasteiger partial charge in [0.05, 0.1) is 12.6 Å². The molecule has 1 atom stereocenters. The van der Waals surface area contributed by atoms with Crippen LogP contribution >= 0.6 is 0 Å². The van der Waals surface area contributed by atoms with E-state index in [2.05, 4.69) is 25.5 Å². The molecule has 1 aliphatic rings. The largest absolute Gasteiger partial charge is 0.481 e. The molecule has 202 valence electrons. The fourth-order valence-electron chi connectivity index (χ4n) is 4.28. The Morgan fingerprint density at radius 1 is 1.05 bits per heavy atom. The van der Waals surface area contributed by atoms with E-state index in [0.29, 0.717) is 56.6 Å². The van der Waals surface area contributed by atoms with Crippen molar-refractivity contribution in [3.63, 3.8) is 0 Å². The lowest BCUT2D eigenvalue weighted by atomic mass is 10.1. The molecule has 3 aromatic rings. The quantitative estimate of drug-likeness (QED) is 0.194. The molecule has 4 N–H and O–H groups in total. The Kier molecular flexibility index (Phi) is 9.83. The van der Waals surface area contributed by atoms with Crippen molar-refractivity contribution in [2.45, 2.75) is 64.3 Å². The van der Waals surface area contributed by atoms with Gasteiger partial charge in [-0.05, 0) is 62.8 Å². The summed E-state index contributed by atoms with van der Waals surface area (Å²) in [6.07, 6.45) is 3.12. The molecule has 1 aromatic heterocycles. The lowest BCUT2D eigenvalue weighted by Gasteiger charge is -2.29. The van der Waals surface area contributed by atoms with Gasteiger partial charge in [0.2, 0.25) is 11.9 Å². The maximum Gasteiger partial charge on any atom is 0.303 e. The number of anilines is 3. The van der Waals surface area contributed by atoms with Crippen molar-refractivity contribution in [1.82, 2.24) is 20.3 Å². The summed E-state index contributed by atoms with van der Waals surface area (Å²) >= 11 is 0. The number of hydrogen-bond acceptors (Lipinski definition) is 9. The Morgan fingerprint density at radius 3 is 2.55 bits per heavy atom. The molecular formula is C28H36N6O4. The number of benzene rings is 2. The normalized spacial score (nSPS) is 14.7. The Bertz CT molecular complexity index is 1170. The number of carboxylic acids is 1. The van der Waals surface area contributed by atoms with Crippen molar-refractivity contribution < 1.29 is 19.7 Å². The summed E-state index contributed by atoms with van der Waals surface area (Å²) in [6.45, 7) is 3.67. The molecule has 38 heavy (non-hydrogen) atoms. The zero-order valence-electron chi connectivity index (χ0n) is 21.7. The average molecular weight is 521 g/mol. The van der Waals surface area contributed by atoms with Crippen LogP contribution in [0.3, 0.4) is 0 Å². The smallest absolute Gasteiger partial charge is 0.303 e. The second-order valence-electron chi connectivity index (χ2n) is 9.43. The summed E-state index contributed by atoms with van der Waals surface area (Å²) in [5, 5.41) is 25.4. The molecule has 0 amide bonds. The van der Waals surface area contributed by atoms with E-state index in [-0.39, 0.29) is 18.8 Å². The number of aliphatic hydroxyl groups excluding tert-OH is 1. The number of unbranched alkanes of at least 4 members (excludes halogenated alkanes) is 1. The molecule has 10 nitrogen and oxygen atoms in total. The molecule has 0 spiro atoms. The maximum absolute atomic E-state index is 10.8. The molecule has 0 saturated carbocycles. The number of rotatable bonds is 13. The van der Waals surface area contributed by atoms with E-state index in [0.717, 1.165) is 29.8 Å². The van der Waals surface area contributed by atoms with Gasteiger partial charge in [0.1, 0.15) is 17.8 Å². The van der Waals surface area contributed by atoms with Crippen molar-refractivity contribution in [2.24, 2.45) is 0 Å². The van der Waals surface area contributed by atoms with E-state index in [4.69, 9.17) is 14.8 Å². The summed E-state index contributed by atoms with van der Waals surface area (Å²) in [4.78, 5) is 26.8. The third-order valence-electron chi connectivity index (χ3n) is 6.36. The van der Waals surface area contributed by atoms with E-state index in [1.165, 1.54) is 0 Å². The minimum Gasteiger partial charge on any atom is -0.481 e. The highest BCUT2D eigenvalue weighted by Gasteiger charge is 2.21. The third kappa shape index (κ3) is 8.39. The number of nitrogens with one attached hydrogen (secondary N) is 2. The van der Waals surface area contributed by atoms with Crippen molar-refractivity contribution in [3.8, 4) is 5.75 Å². The number of aromatic nitrogens is 3. The van der Waals surface area contributed by atoms with Crippen LogP contribution in [0.25, 0.3) is 0 Å². The fourth-order valence-corrected chi connectivity index (χ4v) is 4.28. The number of aliphatic hydroxyl groups is 1. The first kappa shape index (κ1) is 27.3. The predicted octanol–water partition coefficient (Wildman–Crippen LogP) is 3.89. The lowest BCUT2D eigenvalue weighted by molar-refractivity contribution is -0.137. The fraction of sp³-hybridized carbons (Fsp3) is 0.429. The van der Waals surface area contributed by atoms with E-state index in [1.54, 1.807) is 0 Å². The number of para-hydroxylation sites is 2. The standard InChI is InChI=1S/C28H36N6O4/c1-20(38-24-13-7-5-9-21(24)10-6-8-14-26(36)37)29-19-25-31-27(30-22-11-3-2-4-12-22)33-28(32-25)34-17-15-23(35)16-18-34/h2-5,7,9,11-13,20,23,29,35H,6,8,10,14-19H2,1H3,(H,36,37)(H,30,31,32,33). The lowest BCUT2D eigenvalue weighted by Crippen LogP contribution is -2.37. The number of piperidine rings is 1. The first-order valence-corrected chi connectivity index (χ1v) is 13.2. The van der Waals surface area contributed by atoms with Gasteiger partial charge in [-0.2, -0.15) is 15.0 Å². The predicted molar refractivity (Wildman–Crippen MR) is 146 cm³/mol. The summed E-state index contributed by atoms with van der Waals surface area (Å²) in [7, 11) is 0. The number of aryl methyl sites for hydroxylation is 1.